The average molecular weight is 180 g/mol. The van der Waals surface area contributed by atoms with Gasteiger partial charge in [-0.2, -0.15) is 0 Å². The van der Waals surface area contributed by atoms with E-state index in [-0.39, 0.29) is 6.61 Å². The van der Waals surface area contributed by atoms with Crippen LogP contribution < -0.4 is 0 Å². The summed E-state index contributed by atoms with van der Waals surface area (Å²) in [5.41, 5.74) is 0. The van der Waals surface area contributed by atoms with Gasteiger partial charge in [-0.1, -0.05) is 61.4 Å². The summed E-state index contributed by atoms with van der Waals surface area (Å²) in [6, 6.07) is 0. The van der Waals surface area contributed by atoms with Gasteiger partial charge in [0.2, 0.25) is 0 Å². The zero-order valence-corrected chi connectivity index (χ0v) is 7.85. The minimum Gasteiger partial charge on any atom is -0.392 e. The van der Waals surface area contributed by atoms with E-state index in [4.69, 9.17) is 5.11 Å². The van der Waals surface area contributed by atoms with Crippen molar-refractivity contribution in [2.45, 2.75) is 0 Å². The molecule has 0 unspecified atom stereocenters. The monoisotopic (exact) mass is 180 g/mol. The molecule has 1 N–H and O–H groups in total. The van der Waals surface area contributed by atoms with Crippen molar-refractivity contribution in [3.05, 3.63) is 48.1 Å². The van der Waals surface area contributed by atoms with E-state index in [0.29, 0.717) is 0 Å². The third-order valence-corrected chi connectivity index (χ3v) is 3.27. The van der Waals surface area contributed by atoms with Gasteiger partial charge in [0.25, 0.3) is 0 Å². The van der Waals surface area contributed by atoms with Crippen LogP contribution in [0.3, 0.4) is 0 Å². The van der Waals surface area contributed by atoms with Gasteiger partial charge in [0.1, 0.15) is 0 Å². The summed E-state index contributed by atoms with van der Waals surface area (Å²) in [4.78, 5) is 0. The van der Waals surface area contributed by atoms with Crippen molar-refractivity contribution in [1.82, 2.24) is 0 Å². The molecular formula is C10H13OP. The number of hydrogen-bond donors (Lipinski definition) is 1. The number of hydrogen-bond acceptors (Lipinski definition) is 1. The zero-order chi connectivity index (χ0) is 8.65. The second-order valence-electron chi connectivity index (χ2n) is 2.37. The molecule has 1 aliphatic rings. The Hall–Kier alpha value is -0.780. The predicted octanol–water partition coefficient (Wildman–Crippen LogP) is 2.15. The molecule has 0 aromatic rings. The quantitative estimate of drug-likeness (QED) is 0.613. The van der Waals surface area contributed by atoms with Crippen molar-refractivity contribution in [1.29, 1.82) is 0 Å². The summed E-state index contributed by atoms with van der Waals surface area (Å²) < 4.78 is 0. The highest BCUT2D eigenvalue weighted by molar-refractivity contribution is 7.63. The highest BCUT2D eigenvalue weighted by Gasteiger charge is 1.81. The Balaban J connectivity index is 2.81. The van der Waals surface area contributed by atoms with Crippen LogP contribution in [0.4, 0.5) is 0 Å². The maximum atomic E-state index is 8.72. The summed E-state index contributed by atoms with van der Waals surface area (Å²) in [6.07, 6.45) is 12.0. The molecule has 0 amide bonds. The SMILES string of the molecule is OCC=[PH]1C=CC=CC=CC=C1. The normalized spacial score (nSPS) is 21.6. The molecule has 0 saturated heterocycles. The van der Waals surface area contributed by atoms with Crippen LogP contribution in [0.5, 0.6) is 0 Å². The first-order valence-electron chi connectivity index (χ1n) is 3.92. The molecule has 1 heterocycles. The van der Waals surface area contributed by atoms with E-state index in [1.54, 1.807) is 0 Å². The summed E-state index contributed by atoms with van der Waals surface area (Å²) in [6.45, 7) is 0.163. The van der Waals surface area contributed by atoms with Crippen LogP contribution in [0.25, 0.3) is 0 Å². The summed E-state index contributed by atoms with van der Waals surface area (Å²) in [7, 11) is -0.719. The highest BCUT2D eigenvalue weighted by atomic mass is 31.1. The van der Waals surface area contributed by atoms with Gasteiger partial charge in [0.15, 0.2) is 0 Å². The number of aliphatic hydroxyl groups excluding tert-OH is 1. The highest BCUT2D eigenvalue weighted by Crippen LogP contribution is 2.25. The molecule has 0 atom stereocenters. The zero-order valence-electron chi connectivity index (χ0n) is 6.85. The second-order valence-corrected chi connectivity index (χ2v) is 4.45. The van der Waals surface area contributed by atoms with Gasteiger partial charge in [-0.15, -0.1) is 0 Å². The van der Waals surface area contributed by atoms with Crippen LogP contribution >= 0.6 is 7.55 Å². The van der Waals surface area contributed by atoms with Crippen molar-refractivity contribution >= 4 is 13.3 Å². The molecule has 0 aromatic carbocycles. The van der Waals surface area contributed by atoms with Gasteiger partial charge in [-0.05, 0) is 0 Å². The van der Waals surface area contributed by atoms with Gasteiger partial charge < -0.3 is 5.11 Å². The lowest BCUT2D eigenvalue weighted by molar-refractivity contribution is 0.363. The predicted molar refractivity (Wildman–Crippen MR) is 58.0 cm³/mol. The molecule has 0 saturated carbocycles. The van der Waals surface area contributed by atoms with Gasteiger partial charge in [-0.25, -0.2) is 0 Å². The minimum absolute atomic E-state index is 0.163. The molecule has 0 aliphatic carbocycles. The Morgan fingerprint density at radius 3 is 1.92 bits per heavy atom. The molecule has 64 valence electrons. The first-order chi connectivity index (χ1) is 5.93. The smallest absolute Gasteiger partial charge is 0.0620 e. The van der Waals surface area contributed by atoms with Gasteiger partial charge in [0.05, 0.1) is 6.61 Å². The van der Waals surface area contributed by atoms with Crippen LogP contribution in [0.1, 0.15) is 0 Å². The molecule has 0 aromatic heterocycles. The first kappa shape index (κ1) is 9.31. The maximum absolute atomic E-state index is 8.72. The van der Waals surface area contributed by atoms with E-state index in [9.17, 15) is 0 Å². The van der Waals surface area contributed by atoms with E-state index in [1.807, 2.05) is 42.3 Å². The maximum Gasteiger partial charge on any atom is 0.0620 e. The van der Waals surface area contributed by atoms with Crippen molar-refractivity contribution in [3.63, 3.8) is 0 Å². The van der Waals surface area contributed by atoms with Crippen molar-refractivity contribution < 1.29 is 5.11 Å². The lowest BCUT2D eigenvalue weighted by atomic mass is 10.4. The van der Waals surface area contributed by atoms with E-state index >= 15 is 0 Å². The van der Waals surface area contributed by atoms with Crippen LogP contribution in [-0.4, -0.2) is 17.5 Å². The largest absolute Gasteiger partial charge is 0.392 e. The number of allylic oxidation sites excluding steroid dienone is 6. The second kappa shape index (κ2) is 5.82. The third-order valence-electron chi connectivity index (χ3n) is 1.46. The molecule has 0 spiro atoms. The van der Waals surface area contributed by atoms with Crippen molar-refractivity contribution in [3.8, 4) is 0 Å². The van der Waals surface area contributed by atoms with Crippen LogP contribution in [0.2, 0.25) is 0 Å². The lowest BCUT2D eigenvalue weighted by Crippen LogP contribution is -1.77. The Morgan fingerprint density at radius 1 is 0.917 bits per heavy atom. The van der Waals surface area contributed by atoms with Crippen LogP contribution in [0.15, 0.2) is 48.1 Å². The summed E-state index contributed by atoms with van der Waals surface area (Å²) >= 11 is 0. The molecular weight excluding hydrogens is 167 g/mol. The Morgan fingerprint density at radius 2 is 1.42 bits per heavy atom. The Kier molecular flexibility index (Phi) is 4.51. The number of rotatable bonds is 1. The first-order valence-corrected chi connectivity index (χ1v) is 5.66. The Labute approximate surface area is 73.8 Å². The molecule has 0 bridgehead atoms. The average Bonchev–Trinajstić information content (AvgIpc) is 2.19. The standard InChI is InChI=1S/C10H13OP/c11-7-10-12-8-5-3-1-2-4-6-9-12/h1-6,8-12H,7H2. The third kappa shape index (κ3) is 3.56. The van der Waals surface area contributed by atoms with Crippen LogP contribution in [-0.2, 0) is 0 Å². The topological polar surface area (TPSA) is 20.2 Å². The fourth-order valence-corrected chi connectivity index (χ4v) is 2.15. The Bertz CT molecular complexity index is 246. The minimum atomic E-state index is -0.719. The molecule has 0 fully saturated rings. The fourth-order valence-electron chi connectivity index (χ4n) is 0.887. The number of aliphatic hydroxyl groups is 1. The molecule has 12 heavy (non-hydrogen) atoms. The van der Waals surface area contributed by atoms with E-state index in [1.165, 1.54) is 0 Å². The molecule has 0 radical (unpaired) electrons. The molecule has 2 heteroatoms. The summed E-state index contributed by atoms with van der Waals surface area (Å²) in [5, 5.41) is 8.72. The molecule has 1 nitrogen and oxygen atoms in total. The van der Waals surface area contributed by atoms with Crippen LogP contribution in [0, 0.1) is 0 Å². The van der Waals surface area contributed by atoms with E-state index in [0.717, 1.165) is 0 Å². The van der Waals surface area contributed by atoms with Crippen molar-refractivity contribution in [2.24, 2.45) is 0 Å². The molecule has 1 rings (SSSR count). The van der Waals surface area contributed by atoms with Gasteiger partial charge >= 0.3 is 0 Å². The van der Waals surface area contributed by atoms with Crippen molar-refractivity contribution in [2.75, 3.05) is 6.61 Å². The van der Waals surface area contributed by atoms with Gasteiger partial charge in [-0.3, -0.25) is 0 Å². The van der Waals surface area contributed by atoms with E-state index < -0.39 is 7.55 Å². The summed E-state index contributed by atoms with van der Waals surface area (Å²) in [5.74, 6) is 6.23. The molecule has 1 aliphatic heterocycles. The fraction of sp³-hybridized carbons (Fsp3) is 0.100. The van der Waals surface area contributed by atoms with Gasteiger partial charge in [0, 0.05) is 0 Å². The van der Waals surface area contributed by atoms with E-state index in [2.05, 4.69) is 11.6 Å². The lowest BCUT2D eigenvalue weighted by Gasteiger charge is -1.91.